The number of nitrogens with zero attached hydrogens (tertiary/aromatic N) is 4. The highest BCUT2D eigenvalue weighted by Gasteiger charge is 2.22. The number of hydrogen-bond donors (Lipinski definition) is 4. The Labute approximate surface area is 255 Å². The van der Waals surface area contributed by atoms with Gasteiger partial charge in [-0.25, -0.2) is 14.8 Å². The summed E-state index contributed by atoms with van der Waals surface area (Å²) in [6, 6.07) is 6.88. The zero-order valence-corrected chi connectivity index (χ0v) is 25.8. The van der Waals surface area contributed by atoms with Gasteiger partial charge in [0.1, 0.15) is 46.1 Å². The highest BCUT2D eigenvalue weighted by molar-refractivity contribution is 6.41. The number of carbonyl (C=O) groups excluding carboxylic acids is 1. The highest BCUT2D eigenvalue weighted by Crippen LogP contribution is 2.44. The molecule has 1 saturated heterocycles. The van der Waals surface area contributed by atoms with Gasteiger partial charge in [0.15, 0.2) is 0 Å². The van der Waals surface area contributed by atoms with Crippen LogP contribution in [0.5, 0.6) is 11.5 Å². The lowest BCUT2D eigenvalue weighted by atomic mass is 10.2. The van der Waals surface area contributed by atoms with Crippen molar-refractivity contribution in [2.45, 2.75) is 26.2 Å². The summed E-state index contributed by atoms with van der Waals surface area (Å²) in [7, 11) is 4.47. The Hall–Kier alpha value is -3.71. The number of ether oxygens (including phenoxy) is 3. The second kappa shape index (κ2) is 15.5. The number of carbonyl (C=O) groups is 1. The van der Waals surface area contributed by atoms with E-state index < -0.39 is 18.4 Å². The van der Waals surface area contributed by atoms with Gasteiger partial charge < -0.3 is 45.1 Å². The molecule has 2 amide bonds. The van der Waals surface area contributed by atoms with Crippen LogP contribution in [0.15, 0.2) is 46.9 Å². The van der Waals surface area contributed by atoms with Crippen LogP contribution in [0.4, 0.5) is 27.5 Å². The SMILES string of the molecule is C=C[C@H](O)Nc1cc(N2CCOCC2)ccc1NC(C)=NC=NC(C)N(C)C(=O)Nc1c(Cl)c(OC)cc(OC)c1Cl. The number of nitrogens with one attached hydrogen (secondary N) is 3. The second-order valence-electron chi connectivity index (χ2n) is 9.22. The van der Waals surface area contributed by atoms with Crippen LogP contribution in [-0.4, -0.2) is 88.2 Å². The van der Waals surface area contributed by atoms with Crippen LogP contribution in [-0.2, 0) is 4.74 Å². The Morgan fingerprint density at radius 1 is 1.14 bits per heavy atom. The van der Waals surface area contributed by atoms with E-state index in [1.807, 2.05) is 18.2 Å². The number of morpholine rings is 1. The van der Waals surface area contributed by atoms with E-state index in [2.05, 4.69) is 37.4 Å². The summed E-state index contributed by atoms with van der Waals surface area (Å²) in [4.78, 5) is 25.2. The van der Waals surface area contributed by atoms with Gasteiger partial charge in [0.05, 0.1) is 44.5 Å². The maximum absolute atomic E-state index is 12.9. The van der Waals surface area contributed by atoms with Crippen molar-refractivity contribution in [3.8, 4) is 11.5 Å². The van der Waals surface area contributed by atoms with Gasteiger partial charge >= 0.3 is 6.03 Å². The fourth-order valence-electron chi connectivity index (χ4n) is 3.90. The van der Waals surface area contributed by atoms with Crippen LogP contribution in [0.25, 0.3) is 0 Å². The molecule has 3 rings (SSSR count). The number of aliphatic hydroxyl groups is 1. The molecule has 2 atom stereocenters. The lowest BCUT2D eigenvalue weighted by molar-refractivity contribution is 0.122. The van der Waals surface area contributed by atoms with E-state index >= 15 is 0 Å². The molecule has 0 radical (unpaired) electrons. The number of amidine groups is 1. The second-order valence-corrected chi connectivity index (χ2v) is 9.97. The minimum absolute atomic E-state index is 0.139. The quantitative estimate of drug-likeness (QED) is 0.117. The molecular weight excluding hydrogens is 585 g/mol. The molecule has 0 bridgehead atoms. The number of rotatable bonds is 11. The predicted molar refractivity (Wildman–Crippen MR) is 170 cm³/mol. The molecular formula is C28H37Cl2N7O5. The van der Waals surface area contributed by atoms with Crippen molar-refractivity contribution in [3.05, 3.63) is 47.0 Å². The van der Waals surface area contributed by atoms with E-state index in [1.54, 1.807) is 20.9 Å². The normalized spacial score (nSPS) is 15.1. The number of hydrogen-bond acceptors (Lipinski definition) is 8. The molecule has 0 aliphatic carbocycles. The molecule has 1 aliphatic rings. The Bertz CT molecular complexity index is 1290. The molecule has 12 nitrogen and oxygen atoms in total. The first-order valence-electron chi connectivity index (χ1n) is 13.1. The topological polar surface area (TPSA) is 132 Å². The van der Waals surface area contributed by atoms with Gasteiger partial charge in [-0.15, -0.1) is 0 Å². The van der Waals surface area contributed by atoms with E-state index in [1.165, 1.54) is 37.6 Å². The summed E-state index contributed by atoms with van der Waals surface area (Å²) >= 11 is 12.7. The molecule has 2 aromatic rings. The Morgan fingerprint density at radius 2 is 1.79 bits per heavy atom. The van der Waals surface area contributed by atoms with Crippen molar-refractivity contribution in [2.24, 2.45) is 9.98 Å². The van der Waals surface area contributed by atoms with Crippen molar-refractivity contribution in [2.75, 3.05) is 68.4 Å². The smallest absolute Gasteiger partial charge is 0.323 e. The fraction of sp³-hybridized carbons (Fsp3) is 0.393. The molecule has 42 heavy (non-hydrogen) atoms. The number of amides is 2. The average Bonchev–Trinajstić information content (AvgIpc) is 3.00. The third-order valence-electron chi connectivity index (χ3n) is 6.44. The fourth-order valence-corrected chi connectivity index (χ4v) is 4.50. The molecule has 1 unspecified atom stereocenters. The number of anilines is 4. The van der Waals surface area contributed by atoms with E-state index in [-0.39, 0.29) is 15.7 Å². The summed E-state index contributed by atoms with van der Waals surface area (Å²) in [5.41, 5.74) is 2.54. The molecule has 1 aliphatic heterocycles. The first-order chi connectivity index (χ1) is 20.1. The van der Waals surface area contributed by atoms with Crippen molar-refractivity contribution >= 4 is 64.2 Å². The largest absolute Gasteiger partial charge is 0.495 e. The predicted octanol–water partition coefficient (Wildman–Crippen LogP) is 5.13. The molecule has 0 aromatic heterocycles. The van der Waals surface area contributed by atoms with Crippen LogP contribution in [0.1, 0.15) is 13.8 Å². The van der Waals surface area contributed by atoms with Gasteiger partial charge in [-0.05, 0) is 38.1 Å². The molecule has 4 N–H and O–H groups in total. The first-order valence-corrected chi connectivity index (χ1v) is 13.9. The number of halogens is 2. The van der Waals surface area contributed by atoms with Gasteiger partial charge in [0.25, 0.3) is 0 Å². The molecule has 14 heteroatoms. The summed E-state index contributed by atoms with van der Waals surface area (Å²) in [6.07, 6.45) is 1.24. The monoisotopic (exact) mass is 621 g/mol. The van der Waals surface area contributed by atoms with Crippen LogP contribution in [0.3, 0.4) is 0 Å². The lowest BCUT2D eigenvalue weighted by Gasteiger charge is -2.30. The summed E-state index contributed by atoms with van der Waals surface area (Å²) in [5.74, 6) is 1.13. The van der Waals surface area contributed by atoms with Crippen LogP contribution < -0.4 is 30.3 Å². The third-order valence-corrected chi connectivity index (χ3v) is 7.19. The minimum Gasteiger partial charge on any atom is -0.495 e. The third kappa shape index (κ3) is 8.41. The molecule has 1 heterocycles. The Morgan fingerprint density at radius 3 is 2.38 bits per heavy atom. The van der Waals surface area contributed by atoms with Crippen molar-refractivity contribution in [1.82, 2.24) is 4.90 Å². The van der Waals surface area contributed by atoms with Crippen molar-refractivity contribution in [1.29, 1.82) is 0 Å². The molecule has 228 valence electrons. The van der Waals surface area contributed by atoms with E-state index in [0.29, 0.717) is 41.9 Å². The maximum Gasteiger partial charge on any atom is 0.323 e. The number of aliphatic hydroxyl groups excluding tert-OH is 1. The number of urea groups is 1. The van der Waals surface area contributed by atoms with Crippen molar-refractivity contribution in [3.63, 3.8) is 0 Å². The highest BCUT2D eigenvalue weighted by atomic mass is 35.5. The lowest BCUT2D eigenvalue weighted by Crippen LogP contribution is -2.37. The van der Waals surface area contributed by atoms with Gasteiger partial charge in [-0.3, -0.25) is 0 Å². The van der Waals surface area contributed by atoms with Crippen LogP contribution >= 0.6 is 23.2 Å². The zero-order valence-electron chi connectivity index (χ0n) is 24.3. The van der Waals surface area contributed by atoms with E-state index in [0.717, 1.165) is 18.8 Å². The van der Waals surface area contributed by atoms with Crippen LogP contribution in [0.2, 0.25) is 10.0 Å². The minimum atomic E-state index is -0.936. The number of aliphatic imine (C=N–C) groups is 2. The van der Waals surface area contributed by atoms with E-state index in [4.69, 9.17) is 37.4 Å². The molecule has 0 saturated carbocycles. The maximum atomic E-state index is 12.9. The van der Waals surface area contributed by atoms with Gasteiger partial charge in [0, 0.05) is 31.9 Å². The average molecular weight is 623 g/mol. The van der Waals surface area contributed by atoms with E-state index in [9.17, 15) is 9.90 Å². The molecule has 1 fully saturated rings. The number of methoxy groups -OCH3 is 2. The van der Waals surface area contributed by atoms with Crippen LogP contribution in [0, 0.1) is 0 Å². The number of benzene rings is 2. The van der Waals surface area contributed by atoms with Gasteiger partial charge in [-0.1, -0.05) is 29.8 Å². The first kappa shape index (κ1) is 32.8. The summed E-state index contributed by atoms with van der Waals surface area (Å²) in [6.45, 7) is 10.0. The Balaban J connectivity index is 1.69. The molecule has 2 aromatic carbocycles. The standard InChI is InChI=1S/C28H37Cl2N7O5/c1-7-24(38)34-21-14-19(37-10-12-42-13-11-37)8-9-20(21)33-17(2)31-16-32-18(3)36(4)28(39)35-27-25(29)22(40-5)15-23(41-6)26(27)30/h7-9,14-16,18,24,34,38H,1,10-13H2,2-6H3,(H,35,39)(H,31,32,33)/t18?,24-/m0/s1. The van der Waals surface area contributed by atoms with Crippen molar-refractivity contribution < 1.29 is 24.1 Å². The summed E-state index contributed by atoms with van der Waals surface area (Å²) < 4.78 is 15.9. The van der Waals surface area contributed by atoms with Gasteiger partial charge in [0.2, 0.25) is 0 Å². The zero-order chi connectivity index (χ0) is 30.8. The molecule has 0 spiro atoms. The summed E-state index contributed by atoms with van der Waals surface area (Å²) in [5, 5.41) is 19.4. The Kier molecular flexibility index (Phi) is 12.1. The van der Waals surface area contributed by atoms with Gasteiger partial charge in [-0.2, -0.15) is 0 Å².